The first-order chi connectivity index (χ1) is 5.79. The molecule has 1 aromatic rings. The molecule has 0 bridgehead atoms. The van der Waals surface area contributed by atoms with E-state index in [9.17, 15) is 9.59 Å². The number of hydrogen-bond acceptors (Lipinski definition) is 2. The van der Waals surface area contributed by atoms with Gasteiger partial charge >= 0.3 is 0 Å². The van der Waals surface area contributed by atoms with E-state index in [1.165, 1.54) is 0 Å². The van der Waals surface area contributed by atoms with E-state index in [0.29, 0.717) is 28.4 Å². The standard InChI is InChI=1S/C8H6BrNO2/c9-7-2-1-3-8(10-5-12)6(7)4-11/h1-5H,(H,10,12). The highest BCUT2D eigenvalue weighted by molar-refractivity contribution is 9.10. The van der Waals surface area contributed by atoms with Gasteiger partial charge in [-0.25, -0.2) is 0 Å². The topological polar surface area (TPSA) is 46.2 Å². The number of anilines is 1. The van der Waals surface area contributed by atoms with E-state index < -0.39 is 0 Å². The quantitative estimate of drug-likeness (QED) is 0.802. The fraction of sp³-hybridized carbons (Fsp3) is 0. The number of rotatable bonds is 3. The smallest absolute Gasteiger partial charge is 0.211 e. The van der Waals surface area contributed by atoms with Gasteiger partial charge in [-0.2, -0.15) is 0 Å². The summed E-state index contributed by atoms with van der Waals surface area (Å²) in [4.78, 5) is 20.6. The van der Waals surface area contributed by atoms with Crippen LogP contribution in [0.2, 0.25) is 0 Å². The first-order valence-corrected chi connectivity index (χ1v) is 4.02. The minimum Gasteiger partial charge on any atom is -0.328 e. The summed E-state index contributed by atoms with van der Waals surface area (Å²) in [6.07, 6.45) is 1.23. The molecule has 0 atom stereocenters. The molecule has 12 heavy (non-hydrogen) atoms. The van der Waals surface area contributed by atoms with Gasteiger partial charge in [0.2, 0.25) is 6.41 Å². The molecule has 0 heterocycles. The highest BCUT2D eigenvalue weighted by Gasteiger charge is 2.03. The van der Waals surface area contributed by atoms with Gasteiger partial charge in [-0.1, -0.05) is 6.07 Å². The van der Waals surface area contributed by atoms with Crippen LogP contribution in [0.3, 0.4) is 0 Å². The van der Waals surface area contributed by atoms with E-state index in [0.717, 1.165) is 0 Å². The van der Waals surface area contributed by atoms with Crippen LogP contribution in [-0.4, -0.2) is 12.7 Å². The number of amides is 1. The normalized spacial score (nSPS) is 9.08. The minimum atomic E-state index is 0.449. The zero-order valence-electron chi connectivity index (χ0n) is 6.08. The van der Waals surface area contributed by atoms with Crippen molar-refractivity contribution in [2.45, 2.75) is 0 Å². The SMILES string of the molecule is O=CNc1cccc(Br)c1C=O. The van der Waals surface area contributed by atoms with Crippen LogP contribution < -0.4 is 5.32 Å². The van der Waals surface area contributed by atoms with Gasteiger partial charge in [-0.15, -0.1) is 0 Å². The van der Waals surface area contributed by atoms with Crippen LogP contribution in [-0.2, 0) is 4.79 Å². The van der Waals surface area contributed by atoms with Crippen molar-refractivity contribution in [3.05, 3.63) is 28.2 Å². The Morgan fingerprint density at radius 2 is 2.08 bits per heavy atom. The van der Waals surface area contributed by atoms with E-state index in [2.05, 4.69) is 21.2 Å². The molecule has 1 amide bonds. The molecule has 0 aliphatic heterocycles. The lowest BCUT2D eigenvalue weighted by Gasteiger charge is -2.03. The molecule has 0 radical (unpaired) electrons. The van der Waals surface area contributed by atoms with Gasteiger partial charge in [-0.05, 0) is 28.1 Å². The predicted molar refractivity (Wildman–Crippen MR) is 49.2 cm³/mol. The van der Waals surface area contributed by atoms with E-state index >= 15 is 0 Å². The van der Waals surface area contributed by atoms with Gasteiger partial charge < -0.3 is 5.32 Å². The summed E-state index contributed by atoms with van der Waals surface area (Å²) in [7, 11) is 0. The fourth-order valence-corrected chi connectivity index (χ4v) is 1.31. The van der Waals surface area contributed by atoms with Gasteiger partial charge in [-0.3, -0.25) is 9.59 Å². The molecule has 0 aromatic heterocycles. The van der Waals surface area contributed by atoms with Gasteiger partial charge in [0.15, 0.2) is 6.29 Å². The maximum absolute atomic E-state index is 10.5. The molecule has 4 heteroatoms. The van der Waals surface area contributed by atoms with Gasteiger partial charge in [0, 0.05) is 4.47 Å². The van der Waals surface area contributed by atoms with Gasteiger partial charge in [0.05, 0.1) is 11.3 Å². The number of hydrogen-bond donors (Lipinski definition) is 1. The Hall–Kier alpha value is -1.16. The molecule has 0 unspecified atom stereocenters. The minimum absolute atomic E-state index is 0.449. The van der Waals surface area contributed by atoms with Crippen LogP contribution in [0.25, 0.3) is 0 Å². The van der Waals surface area contributed by atoms with Crippen molar-refractivity contribution in [1.82, 2.24) is 0 Å². The van der Waals surface area contributed by atoms with Crippen molar-refractivity contribution in [2.75, 3.05) is 5.32 Å². The molecule has 0 fully saturated rings. The van der Waals surface area contributed by atoms with E-state index in [4.69, 9.17) is 0 Å². The van der Waals surface area contributed by atoms with Crippen molar-refractivity contribution in [1.29, 1.82) is 0 Å². The third-order valence-electron chi connectivity index (χ3n) is 1.39. The van der Waals surface area contributed by atoms with Crippen molar-refractivity contribution >= 4 is 34.3 Å². The average Bonchev–Trinajstić information content (AvgIpc) is 2.05. The largest absolute Gasteiger partial charge is 0.328 e. The molecule has 62 valence electrons. The molecule has 1 rings (SSSR count). The van der Waals surface area contributed by atoms with Crippen LogP contribution in [0.1, 0.15) is 10.4 Å². The molecule has 0 spiro atoms. The number of carbonyl (C=O) groups excluding carboxylic acids is 2. The Kier molecular flexibility index (Phi) is 2.99. The average molecular weight is 228 g/mol. The van der Waals surface area contributed by atoms with Gasteiger partial charge in [0.1, 0.15) is 0 Å². The molecule has 0 aliphatic rings. The first-order valence-electron chi connectivity index (χ1n) is 3.23. The van der Waals surface area contributed by atoms with Crippen LogP contribution in [0.4, 0.5) is 5.69 Å². The first kappa shape index (κ1) is 8.93. The second kappa shape index (κ2) is 4.01. The van der Waals surface area contributed by atoms with Crippen molar-refractivity contribution < 1.29 is 9.59 Å². The van der Waals surface area contributed by atoms with E-state index in [1.54, 1.807) is 18.2 Å². The summed E-state index contributed by atoms with van der Waals surface area (Å²) >= 11 is 3.19. The van der Waals surface area contributed by atoms with Crippen LogP contribution in [0, 0.1) is 0 Å². The second-order valence-corrected chi connectivity index (χ2v) is 2.94. The number of aldehydes is 1. The van der Waals surface area contributed by atoms with Gasteiger partial charge in [0.25, 0.3) is 0 Å². The Morgan fingerprint density at radius 3 is 2.67 bits per heavy atom. The lowest BCUT2D eigenvalue weighted by molar-refractivity contribution is -0.105. The summed E-state index contributed by atoms with van der Waals surface area (Å²) in [5.41, 5.74) is 0.957. The lowest BCUT2D eigenvalue weighted by atomic mass is 10.2. The summed E-state index contributed by atoms with van der Waals surface area (Å²) in [5.74, 6) is 0. The van der Waals surface area contributed by atoms with Crippen LogP contribution in [0.15, 0.2) is 22.7 Å². The van der Waals surface area contributed by atoms with E-state index in [1.807, 2.05) is 0 Å². The Balaban J connectivity index is 3.17. The molecule has 1 aromatic carbocycles. The highest BCUT2D eigenvalue weighted by atomic mass is 79.9. The Bertz CT molecular complexity index is 312. The summed E-state index contributed by atoms with van der Waals surface area (Å²) in [5, 5.41) is 2.43. The molecule has 3 nitrogen and oxygen atoms in total. The highest BCUT2D eigenvalue weighted by Crippen LogP contribution is 2.22. The molecule has 0 saturated carbocycles. The summed E-state index contributed by atoms with van der Waals surface area (Å²) in [6, 6.07) is 5.13. The Morgan fingerprint density at radius 1 is 1.33 bits per heavy atom. The zero-order chi connectivity index (χ0) is 8.97. The molecule has 0 saturated heterocycles. The van der Waals surface area contributed by atoms with E-state index in [-0.39, 0.29) is 0 Å². The third kappa shape index (κ3) is 1.71. The summed E-state index contributed by atoms with van der Waals surface area (Å²) < 4.78 is 0.671. The molecule has 1 N–H and O–H groups in total. The molecular formula is C8H6BrNO2. The monoisotopic (exact) mass is 227 g/mol. The zero-order valence-corrected chi connectivity index (χ0v) is 7.67. The predicted octanol–water partition coefficient (Wildman–Crippen LogP) is 1.83. The second-order valence-electron chi connectivity index (χ2n) is 2.08. The van der Waals surface area contributed by atoms with Crippen molar-refractivity contribution in [3.8, 4) is 0 Å². The van der Waals surface area contributed by atoms with Crippen molar-refractivity contribution in [3.63, 3.8) is 0 Å². The van der Waals surface area contributed by atoms with Crippen LogP contribution >= 0.6 is 15.9 Å². The maximum Gasteiger partial charge on any atom is 0.211 e. The number of carbonyl (C=O) groups is 2. The summed E-state index contributed by atoms with van der Waals surface area (Å²) in [6.45, 7) is 0. The third-order valence-corrected chi connectivity index (χ3v) is 2.08. The number of halogens is 1. The number of benzene rings is 1. The molecular weight excluding hydrogens is 222 g/mol. The maximum atomic E-state index is 10.5. The lowest BCUT2D eigenvalue weighted by Crippen LogP contribution is -1.98. The molecule has 0 aliphatic carbocycles. The Labute approximate surface area is 77.9 Å². The van der Waals surface area contributed by atoms with Crippen molar-refractivity contribution in [2.24, 2.45) is 0 Å². The fourth-order valence-electron chi connectivity index (χ4n) is 0.846. The van der Waals surface area contributed by atoms with Crippen LogP contribution in [0.5, 0.6) is 0 Å². The number of nitrogens with one attached hydrogen (secondary N) is 1.